The molecule has 3 atom stereocenters. The molecule has 2 rings (SSSR count). The Morgan fingerprint density at radius 2 is 1.80 bits per heavy atom. The molecular formula is C14H18F3NS2. The van der Waals surface area contributed by atoms with Gasteiger partial charge in [-0.2, -0.15) is 36.7 Å². The Hall–Kier alpha value is -0.330. The SMILES string of the molecule is CC1SCCSC1C(N)Cc1ccc(C(F)(F)F)cc1. The second-order valence-electron chi connectivity index (χ2n) is 4.97. The van der Waals surface area contributed by atoms with Gasteiger partial charge in [0.05, 0.1) is 5.56 Å². The van der Waals surface area contributed by atoms with Gasteiger partial charge in [0, 0.05) is 28.0 Å². The van der Waals surface area contributed by atoms with Crippen molar-refractivity contribution in [1.29, 1.82) is 0 Å². The van der Waals surface area contributed by atoms with E-state index in [1.165, 1.54) is 12.1 Å². The molecule has 0 spiro atoms. The van der Waals surface area contributed by atoms with Gasteiger partial charge in [-0.15, -0.1) is 0 Å². The number of alkyl halides is 3. The minimum absolute atomic E-state index is 0.0143. The van der Waals surface area contributed by atoms with Crippen LogP contribution in [0.25, 0.3) is 0 Å². The molecule has 6 heteroatoms. The Morgan fingerprint density at radius 1 is 1.20 bits per heavy atom. The maximum absolute atomic E-state index is 12.5. The molecule has 1 aromatic rings. The second-order valence-corrected chi connectivity index (χ2v) is 7.75. The van der Waals surface area contributed by atoms with Crippen LogP contribution in [0.5, 0.6) is 0 Å². The predicted octanol–water partition coefficient (Wildman–Crippen LogP) is 3.81. The zero-order valence-corrected chi connectivity index (χ0v) is 12.8. The number of rotatable bonds is 3. The van der Waals surface area contributed by atoms with E-state index >= 15 is 0 Å². The zero-order valence-electron chi connectivity index (χ0n) is 11.2. The van der Waals surface area contributed by atoms with Crippen molar-refractivity contribution in [2.75, 3.05) is 11.5 Å². The molecule has 1 aliphatic rings. The van der Waals surface area contributed by atoms with Crippen molar-refractivity contribution in [1.82, 2.24) is 0 Å². The highest BCUT2D eigenvalue weighted by Crippen LogP contribution is 2.34. The van der Waals surface area contributed by atoms with Crippen LogP contribution < -0.4 is 5.73 Å². The van der Waals surface area contributed by atoms with Gasteiger partial charge in [-0.1, -0.05) is 19.1 Å². The van der Waals surface area contributed by atoms with E-state index in [1.54, 1.807) is 0 Å². The molecular weight excluding hydrogens is 303 g/mol. The first-order valence-corrected chi connectivity index (χ1v) is 8.62. The fourth-order valence-electron chi connectivity index (χ4n) is 2.34. The summed E-state index contributed by atoms with van der Waals surface area (Å²) in [5.41, 5.74) is 6.50. The maximum atomic E-state index is 12.5. The fraction of sp³-hybridized carbons (Fsp3) is 0.571. The lowest BCUT2D eigenvalue weighted by atomic mass is 10.0. The van der Waals surface area contributed by atoms with Crippen molar-refractivity contribution < 1.29 is 13.2 Å². The molecule has 20 heavy (non-hydrogen) atoms. The first-order chi connectivity index (χ1) is 9.38. The molecule has 0 saturated carbocycles. The van der Waals surface area contributed by atoms with Gasteiger partial charge in [-0.05, 0) is 24.1 Å². The van der Waals surface area contributed by atoms with Crippen molar-refractivity contribution in [3.63, 3.8) is 0 Å². The summed E-state index contributed by atoms with van der Waals surface area (Å²) in [6, 6.07) is 5.32. The summed E-state index contributed by atoms with van der Waals surface area (Å²) in [5, 5.41) is 0.870. The number of nitrogens with two attached hydrogens (primary N) is 1. The van der Waals surface area contributed by atoms with E-state index in [1.807, 2.05) is 23.5 Å². The highest BCUT2D eigenvalue weighted by atomic mass is 32.2. The third-order valence-electron chi connectivity index (χ3n) is 3.41. The smallest absolute Gasteiger partial charge is 0.326 e. The lowest BCUT2D eigenvalue weighted by Crippen LogP contribution is -2.42. The molecule has 1 heterocycles. The zero-order chi connectivity index (χ0) is 14.8. The van der Waals surface area contributed by atoms with Crippen molar-refractivity contribution in [2.45, 2.75) is 36.1 Å². The molecule has 0 aromatic heterocycles. The van der Waals surface area contributed by atoms with Gasteiger partial charge in [0.25, 0.3) is 0 Å². The summed E-state index contributed by atoms with van der Waals surface area (Å²) >= 11 is 3.80. The minimum Gasteiger partial charge on any atom is -0.326 e. The molecule has 0 aliphatic carbocycles. The lowest BCUT2D eigenvalue weighted by molar-refractivity contribution is -0.137. The van der Waals surface area contributed by atoms with Gasteiger partial charge in [-0.3, -0.25) is 0 Å². The summed E-state index contributed by atoms with van der Waals surface area (Å²) in [5.74, 6) is 2.25. The molecule has 1 saturated heterocycles. The molecule has 112 valence electrons. The molecule has 0 bridgehead atoms. The second kappa shape index (κ2) is 6.62. The summed E-state index contributed by atoms with van der Waals surface area (Å²) in [6.45, 7) is 2.17. The van der Waals surface area contributed by atoms with Crippen LogP contribution in [0.15, 0.2) is 24.3 Å². The normalized spacial score (nSPS) is 25.4. The highest BCUT2D eigenvalue weighted by molar-refractivity contribution is 8.07. The van der Waals surface area contributed by atoms with Gasteiger partial charge in [-0.25, -0.2) is 0 Å². The minimum atomic E-state index is -4.27. The third-order valence-corrected chi connectivity index (χ3v) is 6.68. The molecule has 1 nitrogen and oxygen atoms in total. The van der Waals surface area contributed by atoms with E-state index in [0.29, 0.717) is 16.9 Å². The van der Waals surface area contributed by atoms with Crippen LogP contribution in [-0.2, 0) is 12.6 Å². The largest absolute Gasteiger partial charge is 0.416 e. The molecule has 3 unspecified atom stereocenters. The standard InChI is InChI=1S/C14H18F3NS2/c1-9-13(20-7-6-19-9)12(18)8-10-2-4-11(5-3-10)14(15,16)17/h2-5,9,12-13H,6-8,18H2,1H3. The molecule has 0 amide bonds. The number of hydrogen-bond acceptors (Lipinski definition) is 3. The van der Waals surface area contributed by atoms with Crippen LogP contribution in [0.4, 0.5) is 13.2 Å². The van der Waals surface area contributed by atoms with E-state index in [4.69, 9.17) is 5.73 Å². The number of halogens is 3. The van der Waals surface area contributed by atoms with E-state index in [0.717, 1.165) is 29.2 Å². The Kier molecular flexibility index (Phi) is 5.31. The average Bonchev–Trinajstić information content (AvgIpc) is 2.38. The molecule has 1 aliphatic heterocycles. The molecule has 2 N–H and O–H groups in total. The molecule has 1 aromatic carbocycles. The van der Waals surface area contributed by atoms with Crippen molar-refractivity contribution in [2.24, 2.45) is 5.73 Å². The number of thioether (sulfide) groups is 2. The summed E-state index contributed by atoms with van der Waals surface area (Å²) in [6.07, 6.45) is -3.65. The van der Waals surface area contributed by atoms with E-state index in [2.05, 4.69) is 6.92 Å². The first kappa shape index (κ1) is 16.0. The van der Waals surface area contributed by atoms with Gasteiger partial charge in [0.2, 0.25) is 0 Å². The Morgan fingerprint density at radius 3 is 2.35 bits per heavy atom. The van der Waals surface area contributed by atoms with Gasteiger partial charge < -0.3 is 5.73 Å². The third kappa shape index (κ3) is 4.09. The molecule has 0 radical (unpaired) electrons. The average molecular weight is 321 g/mol. The van der Waals surface area contributed by atoms with Gasteiger partial charge >= 0.3 is 6.18 Å². The van der Waals surface area contributed by atoms with Crippen molar-refractivity contribution >= 4 is 23.5 Å². The quantitative estimate of drug-likeness (QED) is 0.917. The van der Waals surface area contributed by atoms with Crippen LogP contribution in [0, 0.1) is 0 Å². The van der Waals surface area contributed by atoms with Crippen molar-refractivity contribution in [3.05, 3.63) is 35.4 Å². The van der Waals surface area contributed by atoms with Crippen LogP contribution >= 0.6 is 23.5 Å². The van der Waals surface area contributed by atoms with Gasteiger partial charge in [0.15, 0.2) is 0 Å². The van der Waals surface area contributed by atoms with Gasteiger partial charge in [0.1, 0.15) is 0 Å². The van der Waals surface area contributed by atoms with Crippen LogP contribution in [0.3, 0.4) is 0 Å². The first-order valence-electron chi connectivity index (χ1n) is 6.53. The summed E-state index contributed by atoms with van der Waals surface area (Å²) < 4.78 is 37.5. The fourth-order valence-corrected chi connectivity index (χ4v) is 5.23. The van der Waals surface area contributed by atoms with E-state index < -0.39 is 11.7 Å². The highest BCUT2D eigenvalue weighted by Gasteiger charge is 2.31. The Balaban J connectivity index is 1.99. The molecule has 1 fully saturated rings. The Bertz CT molecular complexity index is 433. The van der Waals surface area contributed by atoms with Crippen molar-refractivity contribution in [3.8, 4) is 0 Å². The topological polar surface area (TPSA) is 26.0 Å². The lowest BCUT2D eigenvalue weighted by Gasteiger charge is -2.32. The maximum Gasteiger partial charge on any atom is 0.416 e. The summed E-state index contributed by atoms with van der Waals surface area (Å²) in [4.78, 5) is 0. The summed E-state index contributed by atoms with van der Waals surface area (Å²) in [7, 11) is 0. The van der Waals surface area contributed by atoms with Crippen LogP contribution in [-0.4, -0.2) is 28.0 Å². The number of hydrogen-bond donors (Lipinski definition) is 1. The monoisotopic (exact) mass is 321 g/mol. The van der Waals surface area contributed by atoms with E-state index in [-0.39, 0.29) is 6.04 Å². The Labute approximate surface area is 125 Å². The number of benzene rings is 1. The predicted molar refractivity (Wildman–Crippen MR) is 81.3 cm³/mol. The van der Waals surface area contributed by atoms with E-state index in [9.17, 15) is 13.2 Å². The van der Waals surface area contributed by atoms with Crippen LogP contribution in [0.1, 0.15) is 18.1 Å². The van der Waals surface area contributed by atoms with Crippen LogP contribution in [0.2, 0.25) is 0 Å².